The topological polar surface area (TPSA) is 237 Å². The number of ether oxygens (including phenoxy) is 4. The van der Waals surface area contributed by atoms with Gasteiger partial charge in [0.15, 0.2) is 12.2 Å². The molecule has 0 rings (SSSR count). The van der Waals surface area contributed by atoms with E-state index in [0.29, 0.717) is 25.7 Å². The molecular formula is C80H156O17P2. The van der Waals surface area contributed by atoms with Crippen LogP contribution in [0.4, 0.5) is 0 Å². The summed E-state index contributed by atoms with van der Waals surface area (Å²) in [5, 5.41) is 10.6. The maximum Gasteiger partial charge on any atom is 0.472 e. The van der Waals surface area contributed by atoms with E-state index in [1.54, 1.807) is 0 Å². The lowest BCUT2D eigenvalue weighted by atomic mass is 9.99. The van der Waals surface area contributed by atoms with Crippen LogP contribution in [0.5, 0.6) is 0 Å². The molecule has 0 radical (unpaired) electrons. The quantitative estimate of drug-likeness (QED) is 0.0222. The minimum absolute atomic E-state index is 0.105. The molecule has 0 aromatic rings. The fourth-order valence-corrected chi connectivity index (χ4v) is 13.8. The highest BCUT2D eigenvalue weighted by atomic mass is 31.2. The Bertz CT molecular complexity index is 1930. The largest absolute Gasteiger partial charge is 0.472 e. The van der Waals surface area contributed by atoms with E-state index in [4.69, 9.17) is 37.0 Å². The number of carbonyl (C=O) groups is 4. The van der Waals surface area contributed by atoms with Gasteiger partial charge in [-0.15, -0.1) is 0 Å². The number of hydrogen-bond acceptors (Lipinski definition) is 15. The van der Waals surface area contributed by atoms with Crippen molar-refractivity contribution in [2.24, 2.45) is 17.8 Å². The molecule has 19 heteroatoms. The minimum Gasteiger partial charge on any atom is -0.462 e. The summed E-state index contributed by atoms with van der Waals surface area (Å²) in [5.41, 5.74) is 0. The van der Waals surface area contributed by atoms with Gasteiger partial charge in [0, 0.05) is 25.7 Å². The molecule has 0 amide bonds. The van der Waals surface area contributed by atoms with Crippen LogP contribution in [0.3, 0.4) is 0 Å². The third-order valence-corrected chi connectivity index (χ3v) is 21.3. The smallest absolute Gasteiger partial charge is 0.462 e. The molecule has 0 aromatic carbocycles. The van der Waals surface area contributed by atoms with Crippen molar-refractivity contribution < 1.29 is 80.2 Å². The van der Waals surface area contributed by atoms with E-state index in [9.17, 15) is 43.2 Å². The van der Waals surface area contributed by atoms with E-state index < -0.39 is 97.5 Å². The first-order chi connectivity index (χ1) is 47.8. The summed E-state index contributed by atoms with van der Waals surface area (Å²) in [6.45, 7) is 12.0. The zero-order valence-electron chi connectivity index (χ0n) is 65.0. The number of esters is 4. The number of aliphatic hydroxyl groups excluding tert-OH is 1. The highest BCUT2D eigenvalue weighted by Crippen LogP contribution is 2.45. The number of phosphoric ester groups is 2. The SMILES string of the molecule is CCCCCCCC(=O)OC[C@H](COP(=O)(O)OC[C@H](O)COP(=O)(O)OC[C@@H](COC(=O)CCCCCCCCCCCCCCCCC(C)CC)OC(=O)CCCCCCCCCCCCCCCCCCCCC(C)CC)OC(=O)CCCCCCCCCCCCCC(C)C. The third-order valence-electron chi connectivity index (χ3n) is 19.4. The Morgan fingerprint density at radius 3 is 0.768 bits per heavy atom. The molecule has 0 saturated carbocycles. The first-order valence-electron chi connectivity index (χ1n) is 41.4. The Morgan fingerprint density at radius 2 is 0.515 bits per heavy atom. The summed E-state index contributed by atoms with van der Waals surface area (Å²) in [6, 6.07) is 0. The van der Waals surface area contributed by atoms with E-state index >= 15 is 0 Å². The fraction of sp³-hybridized carbons (Fsp3) is 0.950. The average molecular weight is 1450 g/mol. The van der Waals surface area contributed by atoms with Gasteiger partial charge in [0.05, 0.1) is 26.4 Å². The molecule has 0 aliphatic heterocycles. The van der Waals surface area contributed by atoms with Crippen LogP contribution >= 0.6 is 15.6 Å². The van der Waals surface area contributed by atoms with Crippen LogP contribution in [0.25, 0.3) is 0 Å². The van der Waals surface area contributed by atoms with E-state index in [2.05, 4.69) is 48.5 Å². The van der Waals surface area contributed by atoms with Gasteiger partial charge in [-0.1, -0.05) is 363 Å². The summed E-state index contributed by atoms with van der Waals surface area (Å²) >= 11 is 0. The summed E-state index contributed by atoms with van der Waals surface area (Å²) in [6.07, 6.45) is 58.7. The number of unbranched alkanes of at least 4 members (excludes halogenated alkanes) is 44. The van der Waals surface area contributed by atoms with Gasteiger partial charge < -0.3 is 33.8 Å². The predicted molar refractivity (Wildman–Crippen MR) is 405 cm³/mol. The van der Waals surface area contributed by atoms with Gasteiger partial charge in [-0.25, -0.2) is 9.13 Å². The van der Waals surface area contributed by atoms with Crippen LogP contribution < -0.4 is 0 Å². The highest BCUT2D eigenvalue weighted by molar-refractivity contribution is 7.47. The lowest BCUT2D eigenvalue weighted by Gasteiger charge is -2.21. The standard InChI is InChI=1S/C80H156O17P2/c1-8-11-12-44-54-61-77(82)90-67-75(96-79(84)64-57-50-43-37-31-25-26-32-38-45-51-58-71(4)5)69-94-98(86,87)92-65-74(81)66-93-99(88,89)95-70-76(68-91-78(83)62-55-48-41-35-29-23-20-19-22-28-34-40-47-53-60-73(7)10-3)97-80(85)63-56-49-42-36-30-24-18-16-14-13-15-17-21-27-33-39-46-52-59-72(6)9-2/h71-76,81H,8-70H2,1-7H3,(H,86,87)(H,88,89)/t72?,73?,74-,75+,76+/m0/s1. The van der Waals surface area contributed by atoms with Crippen LogP contribution in [0, 0.1) is 17.8 Å². The molecule has 3 N–H and O–H groups in total. The van der Waals surface area contributed by atoms with Crippen molar-refractivity contribution in [3.63, 3.8) is 0 Å². The van der Waals surface area contributed by atoms with Gasteiger partial charge in [0.2, 0.25) is 0 Å². The van der Waals surface area contributed by atoms with E-state index in [0.717, 1.165) is 114 Å². The first-order valence-corrected chi connectivity index (χ1v) is 44.4. The van der Waals surface area contributed by atoms with Crippen molar-refractivity contribution in [1.29, 1.82) is 0 Å². The molecule has 0 aromatic heterocycles. The van der Waals surface area contributed by atoms with E-state index in [1.807, 2.05) is 0 Å². The maximum absolute atomic E-state index is 13.1. The number of hydrogen-bond donors (Lipinski definition) is 3. The normalized spacial score (nSPS) is 14.5. The molecule has 7 atom stereocenters. The second-order valence-corrected chi connectivity index (χ2v) is 32.7. The lowest BCUT2D eigenvalue weighted by Crippen LogP contribution is -2.30. The molecule has 0 aliphatic rings. The van der Waals surface area contributed by atoms with Crippen LogP contribution in [0.1, 0.15) is 414 Å². The van der Waals surface area contributed by atoms with Crippen molar-refractivity contribution in [3.05, 3.63) is 0 Å². The van der Waals surface area contributed by atoms with Gasteiger partial charge >= 0.3 is 39.5 Å². The number of phosphoric acid groups is 2. The van der Waals surface area contributed by atoms with Gasteiger partial charge in [-0.3, -0.25) is 37.3 Å². The Labute approximate surface area is 607 Å². The molecule has 0 bridgehead atoms. The summed E-state index contributed by atoms with van der Waals surface area (Å²) in [7, 11) is -9.91. The zero-order chi connectivity index (χ0) is 73.0. The number of carbonyl (C=O) groups excluding carboxylic acids is 4. The van der Waals surface area contributed by atoms with Gasteiger partial charge in [0.1, 0.15) is 19.3 Å². The van der Waals surface area contributed by atoms with Crippen molar-refractivity contribution in [1.82, 2.24) is 0 Å². The molecule has 4 unspecified atom stereocenters. The van der Waals surface area contributed by atoms with Crippen LogP contribution in [0.15, 0.2) is 0 Å². The predicted octanol–water partition coefficient (Wildman–Crippen LogP) is 23.7. The summed E-state index contributed by atoms with van der Waals surface area (Å²) < 4.78 is 68.4. The molecule has 588 valence electrons. The Morgan fingerprint density at radius 1 is 0.293 bits per heavy atom. The van der Waals surface area contributed by atoms with Crippen molar-refractivity contribution in [3.8, 4) is 0 Å². The second kappa shape index (κ2) is 70.4. The van der Waals surface area contributed by atoms with Crippen molar-refractivity contribution in [2.45, 2.75) is 433 Å². The fourth-order valence-electron chi connectivity index (χ4n) is 12.2. The number of rotatable bonds is 78. The Balaban J connectivity index is 5.13. The summed E-state index contributed by atoms with van der Waals surface area (Å²) in [4.78, 5) is 72.7. The molecule has 0 fully saturated rings. The second-order valence-electron chi connectivity index (χ2n) is 29.8. The van der Waals surface area contributed by atoms with Crippen LogP contribution in [-0.4, -0.2) is 96.7 Å². The molecule has 0 spiro atoms. The van der Waals surface area contributed by atoms with Crippen LogP contribution in [-0.2, 0) is 65.4 Å². The third kappa shape index (κ3) is 71.5. The Hall–Kier alpha value is -1.94. The first kappa shape index (κ1) is 97.1. The average Bonchev–Trinajstić information content (AvgIpc) is 1.02. The van der Waals surface area contributed by atoms with E-state index in [-0.39, 0.29) is 25.7 Å². The highest BCUT2D eigenvalue weighted by Gasteiger charge is 2.30. The van der Waals surface area contributed by atoms with Crippen molar-refractivity contribution in [2.75, 3.05) is 39.6 Å². The lowest BCUT2D eigenvalue weighted by molar-refractivity contribution is -0.161. The molecule has 0 heterocycles. The van der Waals surface area contributed by atoms with Crippen LogP contribution in [0.2, 0.25) is 0 Å². The zero-order valence-corrected chi connectivity index (χ0v) is 66.8. The Kier molecular flexibility index (Phi) is 69.0. The molecule has 0 aliphatic carbocycles. The molecular weight excluding hydrogens is 1290 g/mol. The minimum atomic E-state index is -4.96. The van der Waals surface area contributed by atoms with Gasteiger partial charge in [-0.05, 0) is 43.4 Å². The number of aliphatic hydroxyl groups is 1. The maximum atomic E-state index is 13.1. The summed E-state index contributed by atoms with van der Waals surface area (Å²) in [5.74, 6) is 0.362. The molecule has 17 nitrogen and oxygen atoms in total. The van der Waals surface area contributed by atoms with Gasteiger partial charge in [-0.2, -0.15) is 0 Å². The molecule has 0 saturated heterocycles. The monoisotopic (exact) mass is 1450 g/mol. The van der Waals surface area contributed by atoms with E-state index in [1.165, 1.54) is 218 Å². The van der Waals surface area contributed by atoms with Gasteiger partial charge in [0.25, 0.3) is 0 Å². The van der Waals surface area contributed by atoms with Crippen molar-refractivity contribution >= 4 is 39.5 Å². The molecule has 99 heavy (non-hydrogen) atoms.